The Bertz CT molecular complexity index is 2340. The van der Waals surface area contributed by atoms with Crippen LogP contribution in [-0.4, -0.2) is 122 Å². The van der Waals surface area contributed by atoms with Gasteiger partial charge < -0.3 is 33.9 Å². The average Bonchev–Trinajstić information content (AvgIpc) is 3.91. The molecule has 63 heavy (non-hydrogen) atoms. The van der Waals surface area contributed by atoms with Gasteiger partial charge in [0.1, 0.15) is 11.2 Å². The number of hydrogen-bond acceptors (Lipinski definition) is 11. The van der Waals surface area contributed by atoms with Crippen LogP contribution in [0.15, 0.2) is 42.5 Å². The van der Waals surface area contributed by atoms with E-state index in [1.807, 2.05) is 61.0 Å². The maximum Gasteiger partial charge on any atom is 0.344 e. The molecule has 0 bridgehead atoms. The number of nitrogens with one attached hydrogen (secondary N) is 1. The number of carbonyl (C=O) groups excluding carboxylic acids is 3. The SMILES string of the molecule is CCN1Cc2c([nH]c3ccc(C(C)C)cc23)[C@@](C(=O)OC)(c2cc3c(cc2OC)N(C)[C@H]2[C@@](O)(C(=O)OC)[C@H](OC(C)=O)[C@]4(CC)C=CCN5CC[C@]32[C@@H]54)CCCC(C(C)(F)F)C1. The number of alkyl halides is 2. The summed E-state index contributed by atoms with van der Waals surface area (Å²) in [7, 11) is 5.94. The molecule has 2 fully saturated rings. The number of H-pyrrole nitrogens is 1. The highest BCUT2D eigenvalue weighted by atomic mass is 19.3. The van der Waals surface area contributed by atoms with Crippen LogP contribution < -0.4 is 9.64 Å². The number of fused-ring (bicyclic) bond motifs is 4. The van der Waals surface area contributed by atoms with Crippen molar-refractivity contribution < 1.29 is 47.2 Å². The van der Waals surface area contributed by atoms with Gasteiger partial charge >= 0.3 is 17.9 Å². The van der Waals surface area contributed by atoms with Crippen LogP contribution in [0.3, 0.4) is 0 Å². The molecule has 1 aromatic heterocycles. The van der Waals surface area contributed by atoms with Gasteiger partial charge in [-0.25, -0.2) is 13.6 Å². The third kappa shape index (κ3) is 6.30. The molecular formula is C49H64F2N4O8. The molecule has 5 aliphatic rings. The normalized spacial score (nSPS) is 31.9. The number of aliphatic hydroxyl groups is 1. The Labute approximate surface area is 369 Å². The van der Waals surface area contributed by atoms with Gasteiger partial charge in [0, 0.05) is 90.3 Å². The highest BCUT2D eigenvalue weighted by Gasteiger charge is 2.80. The summed E-state index contributed by atoms with van der Waals surface area (Å²) in [6.07, 6.45) is 4.18. The van der Waals surface area contributed by atoms with Gasteiger partial charge in [0.2, 0.25) is 11.5 Å². The monoisotopic (exact) mass is 874 g/mol. The number of carbonyl (C=O) groups is 3. The molecule has 1 spiro atoms. The van der Waals surface area contributed by atoms with E-state index in [0.29, 0.717) is 61.7 Å². The minimum Gasteiger partial charge on any atom is -0.496 e. The summed E-state index contributed by atoms with van der Waals surface area (Å²) < 4.78 is 55.0. The highest BCUT2D eigenvalue weighted by Crippen LogP contribution is 2.68. The molecule has 0 radical (unpaired) electrons. The molecule has 342 valence electrons. The van der Waals surface area contributed by atoms with Crippen LogP contribution in [0.4, 0.5) is 14.5 Å². The van der Waals surface area contributed by atoms with Crippen LogP contribution in [0, 0.1) is 11.3 Å². The number of ether oxygens (including phenoxy) is 4. The van der Waals surface area contributed by atoms with Gasteiger partial charge in [0.15, 0.2) is 6.10 Å². The van der Waals surface area contributed by atoms with Crippen LogP contribution in [0.5, 0.6) is 5.75 Å². The average molecular weight is 875 g/mol. The smallest absolute Gasteiger partial charge is 0.344 e. The van der Waals surface area contributed by atoms with Crippen LogP contribution in [0.2, 0.25) is 0 Å². The topological polar surface area (TPSA) is 134 Å². The van der Waals surface area contributed by atoms with Gasteiger partial charge in [0.25, 0.3) is 0 Å². The molecule has 3 aromatic rings. The van der Waals surface area contributed by atoms with Crippen molar-refractivity contribution in [2.45, 2.75) is 127 Å². The van der Waals surface area contributed by atoms with Gasteiger partial charge in [-0.05, 0) is 86.5 Å². The number of aromatic amines is 1. The molecule has 14 heteroatoms. The first-order valence-corrected chi connectivity index (χ1v) is 22.5. The predicted molar refractivity (Wildman–Crippen MR) is 235 cm³/mol. The van der Waals surface area contributed by atoms with Gasteiger partial charge in [-0.3, -0.25) is 19.4 Å². The Kier molecular flexibility index (Phi) is 11.3. The van der Waals surface area contributed by atoms with Gasteiger partial charge in [-0.15, -0.1) is 0 Å². The number of nitrogens with zero attached hydrogens (tertiary/aromatic N) is 3. The van der Waals surface area contributed by atoms with E-state index in [-0.39, 0.29) is 37.8 Å². The van der Waals surface area contributed by atoms with Crippen LogP contribution in [-0.2, 0) is 46.0 Å². The van der Waals surface area contributed by atoms with E-state index in [1.54, 1.807) is 0 Å². The second-order valence-corrected chi connectivity index (χ2v) is 19.2. The van der Waals surface area contributed by atoms with E-state index in [0.717, 1.165) is 34.5 Å². The lowest BCUT2D eigenvalue weighted by atomic mass is 9.47. The van der Waals surface area contributed by atoms with Crippen molar-refractivity contribution in [3.05, 3.63) is 70.4 Å². The van der Waals surface area contributed by atoms with Crippen molar-refractivity contribution in [3.63, 3.8) is 0 Å². The second kappa shape index (κ2) is 15.9. The van der Waals surface area contributed by atoms with Crippen molar-refractivity contribution in [3.8, 4) is 5.75 Å². The maximum absolute atomic E-state index is 15.6. The molecule has 0 amide bonds. The van der Waals surface area contributed by atoms with Gasteiger partial charge in [0.05, 0.1) is 27.4 Å². The van der Waals surface area contributed by atoms with Gasteiger partial charge in [-0.2, -0.15) is 0 Å². The number of anilines is 1. The number of aromatic nitrogens is 1. The molecule has 1 unspecified atom stereocenters. The Morgan fingerprint density at radius 3 is 2.37 bits per heavy atom. The second-order valence-electron chi connectivity index (χ2n) is 19.2. The number of esters is 3. The lowest BCUT2D eigenvalue weighted by molar-refractivity contribution is -0.228. The molecular weight excluding hydrogens is 811 g/mol. The lowest BCUT2D eigenvalue weighted by Gasteiger charge is -2.63. The summed E-state index contributed by atoms with van der Waals surface area (Å²) in [6, 6.07) is 8.77. The minimum absolute atomic E-state index is 0.120. The molecule has 1 aliphatic carbocycles. The molecule has 12 nitrogen and oxygen atoms in total. The summed E-state index contributed by atoms with van der Waals surface area (Å²) in [5.74, 6) is -5.52. The summed E-state index contributed by atoms with van der Waals surface area (Å²) in [5.41, 5.74) is -0.662. The lowest BCUT2D eigenvalue weighted by Crippen LogP contribution is -2.81. The van der Waals surface area contributed by atoms with Crippen molar-refractivity contribution in [1.82, 2.24) is 14.8 Å². The van der Waals surface area contributed by atoms with Crippen molar-refractivity contribution >= 4 is 34.5 Å². The zero-order valence-electron chi connectivity index (χ0n) is 38.4. The van der Waals surface area contributed by atoms with E-state index in [2.05, 4.69) is 35.9 Å². The first kappa shape index (κ1) is 45.1. The summed E-state index contributed by atoms with van der Waals surface area (Å²) in [6.45, 7) is 12.7. The quantitative estimate of drug-likeness (QED) is 0.131. The Balaban J connectivity index is 1.47. The Morgan fingerprint density at radius 1 is 1.02 bits per heavy atom. The molecule has 8 atom stereocenters. The number of hydrogen-bond donors (Lipinski definition) is 2. The number of methoxy groups -OCH3 is 3. The molecule has 4 aliphatic heterocycles. The van der Waals surface area contributed by atoms with Crippen LogP contribution >= 0.6 is 0 Å². The van der Waals surface area contributed by atoms with E-state index < -0.39 is 63.7 Å². The zero-order valence-corrected chi connectivity index (χ0v) is 38.4. The standard InChI is InChI=1S/C49H64F2N4O8/c1-11-46-18-14-21-55-22-20-48(40(46)55)34-24-35(38(60-8)25-37(34)53(7)41(48)49(59,44(58)62-10)42(46)63-29(5)56)47(43(57)61-9)19-13-15-31(45(6,50)51)26-54(12-2)27-33-32-23-30(28(3)4)16-17-36(32)52-39(33)47/h14,16-18,23-25,28,31,40-42,52,59H,11-13,15,19-22,26-27H2,1-10H3/t31?,40-,41+,42+,46+,47-,48+,49-/m0/s1. The van der Waals surface area contributed by atoms with Crippen molar-refractivity contribution in [1.29, 1.82) is 0 Å². The van der Waals surface area contributed by atoms with Crippen LogP contribution in [0.1, 0.15) is 108 Å². The fraction of sp³-hybridized carbons (Fsp3) is 0.612. The molecule has 8 rings (SSSR count). The van der Waals surface area contributed by atoms with E-state index in [9.17, 15) is 14.7 Å². The summed E-state index contributed by atoms with van der Waals surface area (Å²) in [5, 5.41) is 14.3. The number of benzene rings is 2. The summed E-state index contributed by atoms with van der Waals surface area (Å²) in [4.78, 5) is 52.8. The zero-order chi connectivity index (χ0) is 45.6. The molecule has 2 aromatic carbocycles. The molecule has 1 saturated carbocycles. The van der Waals surface area contributed by atoms with Crippen LogP contribution in [0.25, 0.3) is 10.9 Å². The minimum atomic E-state index is -2.98. The third-order valence-corrected chi connectivity index (χ3v) is 15.9. The fourth-order valence-corrected chi connectivity index (χ4v) is 13.1. The van der Waals surface area contributed by atoms with Crippen molar-refractivity contribution in [2.24, 2.45) is 11.3 Å². The van der Waals surface area contributed by atoms with E-state index in [4.69, 9.17) is 18.9 Å². The number of likely N-dealkylation sites (N-methyl/N-ethyl adjacent to an activating group) is 1. The molecule has 1 saturated heterocycles. The first-order chi connectivity index (χ1) is 29.8. The Hall–Kier alpha value is -4.53. The maximum atomic E-state index is 15.6. The summed E-state index contributed by atoms with van der Waals surface area (Å²) >= 11 is 0. The largest absolute Gasteiger partial charge is 0.496 e. The van der Waals surface area contributed by atoms with Crippen molar-refractivity contribution in [2.75, 3.05) is 59.5 Å². The molecule has 2 N–H and O–H groups in total. The van der Waals surface area contributed by atoms with E-state index in [1.165, 1.54) is 28.3 Å². The molecule has 5 heterocycles. The number of rotatable bonds is 9. The van der Waals surface area contributed by atoms with E-state index >= 15 is 13.6 Å². The Morgan fingerprint density at radius 2 is 1.75 bits per heavy atom. The predicted octanol–water partition coefficient (Wildman–Crippen LogP) is 6.98. The first-order valence-electron chi connectivity index (χ1n) is 22.5. The number of halogens is 2. The fourth-order valence-electron chi connectivity index (χ4n) is 13.1. The third-order valence-electron chi connectivity index (χ3n) is 15.9. The highest BCUT2D eigenvalue weighted by molar-refractivity contribution is 5.95. The van der Waals surface area contributed by atoms with Gasteiger partial charge in [-0.1, -0.05) is 52.3 Å².